The first-order chi connectivity index (χ1) is 11.2. The molecule has 3 rings (SSSR count). The van der Waals surface area contributed by atoms with Gasteiger partial charge in [-0.05, 0) is 68.6 Å². The van der Waals surface area contributed by atoms with E-state index in [0.29, 0.717) is 12.5 Å². The Morgan fingerprint density at radius 1 is 1.30 bits per heavy atom. The fraction of sp³-hybridized carbons (Fsp3) is 0.500. The first-order valence-electron chi connectivity index (χ1n) is 8.38. The molecule has 1 aromatic heterocycles. The molecule has 2 N–H and O–H groups in total. The van der Waals surface area contributed by atoms with E-state index in [9.17, 15) is 5.11 Å². The first kappa shape index (κ1) is 16.5. The lowest BCUT2D eigenvalue weighted by atomic mass is 9.99. The number of benzene rings is 1. The number of aliphatic hydroxyl groups excluding tert-OH is 1. The van der Waals surface area contributed by atoms with E-state index in [-0.39, 0.29) is 0 Å². The second kappa shape index (κ2) is 7.95. The second-order valence-electron chi connectivity index (χ2n) is 6.31. The summed E-state index contributed by atoms with van der Waals surface area (Å²) >= 11 is 5.99. The minimum atomic E-state index is 0.319. The predicted molar refractivity (Wildman–Crippen MR) is 96.1 cm³/mol. The fourth-order valence-corrected chi connectivity index (χ4v) is 3.40. The number of nitrogens with zero attached hydrogens (tertiary/aromatic N) is 2. The smallest absolute Gasteiger partial charge is 0.126 e. The van der Waals surface area contributed by atoms with Crippen molar-refractivity contribution in [1.29, 1.82) is 0 Å². The number of aromatic nitrogens is 1. The summed E-state index contributed by atoms with van der Waals surface area (Å²) in [5.41, 5.74) is 0.959. The summed E-state index contributed by atoms with van der Waals surface area (Å²) in [7, 11) is 0. The maximum Gasteiger partial charge on any atom is 0.126 e. The fourth-order valence-electron chi connectivity index (χ4n) is 3.22. The van der Waals surface area contributed by atoms with Crippen LogP contribution in [0.1, 0.15) is 19.3 Å². The lowest BCUT2D eigenvalue weighted by Gasteiger charge is -2.31. The van der Waals surface area contributed by atoms with E-state index >= 15 is 0 Å². The molecule has 23 heavy (non-hydrogen) atoms. The third kappa shape index (κ3) is 4.56. The van der Waals surface area contributed by atoms with E-state index in [1.54, 1.807) is 0 Å². The number of piperidine rings is 1. The van der Waals surface area contributed by atoms with Crippen molar-refractivity contribution in [1.82, 2.24) is 9.88 Å². The van der Waals surface area contributed by atoms with Crippen molar-refractivity contribution in [3.8, 4) is 0 Å². The number of halogens is 1. The molecule has 2 heterocycles. The van der Waals surface area contributed by atoms with Gasteiger partial charge in [-0.25, -0.2) is 4.98 Å². The van der Waals surface area contributed by atoms with Crippen LogP contribution >= 0.6 is 11.6 Å². The van der Waals surface area contributed by atoms with E-state index in [1.807, 2.05) is 30.3 Å². The quantitative estimate of drug-likeness (QED) is 0.795. The Morgan fingerprint density at radius 2 is 2.22 bits per heavy atom. The molecule has 0 aliphatic carbocycles. The van der Waals surface area contributed by atoms with Gasteiger partial charge >= 0.3 is 0 Å². The van der Waals surface area contributed by atoms with Gasteiger partial charge in [0.25, 0.3) is 0 Å². The lowest BCUT2D eigenvalue weighted by Crippen LogP contribution is -2.37. The number of rotatable bonds is 6. The van der Waals surface area contributed by atoms with Gasteiger partial charge in [-0.1, -0.05) is 11.6 Å². The van der Waals surface area contributed by atoms with Crippen LogP contribution < -0.4 is 5.32 Å². The van der Waals surface area contributed by atoms with Crippen LogP contribution in [0.25, 0.3) is 10.9 Å². The molecule has 2 aromatic rings. The molecule has 4 nitrogen and oxygen atoms in total. The Bertz CT molecular complexity index is 649. The molecule has 0 saturated carbocycles. The van der Waals surface area contributed by atoms with Crippen LogP contribution in [0, 0.1) is 5.92 Å². The third-order valence-electron chi connectivity index (χ3n) is 4.47. The highest BCUT2D eigenvalue weighted by atomic mass is 35.5. The highest BCUT2D eigenvalue weighted by molar-refractivity contribution is 6.31. The Kier molecular flexibility index (Phi) is 5.70. The number of nitrogens with one attached hydrogen (secondary N) is 1. The standard InChI is InChI=1S/C18H24ClN3O/c19-16-5-6-17-15(11-16)4-7-18(21-17)20-8-2-10-22-9-1-3-14(12-22)13-23/h4-7,11,14,23H,1-3,8-10,12-13H2,(H,20,21). The number of fused-ring (bicyclic) bond motifs is 1. The topological polar surface area (TPSA) is 48.4 Å². The lowest BCUT2D eigenvalue weighted by molar-refractivity contribution is 0.120. The average molecular weight is 334 g/mol. The van der Waals surface area contributed by atoms with E-state index < -0.39 is 0 Å². The molecule has 0 bridgehead atoms. The molecular weight excluding hydrogens is 310 g/mol. The van der Waals surface area contributed by atoms with Gasteiger partial charge in [0.1, 0.15) is 5.82 Å². The highest BCUT2D eigenvalue weighted by Gasteiger charge is 2.18. The molecule has 5 heteroatoms. The largest absolute Gasteiger partial charge is 0.396 e. The zero-order chi connectivity index (χ0) is 16.1. The van der Waals surface area contributed by atoms with Crippen LogP contribution in [-0.2, 0) is 0 Å². The van der Waals surface area contributed by atoms with Crippen LogP contribution in [0.2, 0.25) is 5.02 Å². The summed E-state index contributed by atoms with van der Waals surface area (Å²) < 4.78 is 0. The van der Waals surface area contributed by atoms with Crippen LogP contribution in [0.5, 0.6) is 0 Å². The molecule has 1 aliphatic rings. The molecule has 1 fully saturated rings. The van der Waals surface area contributed by atoms with Crippen molar-refractivity contribution < 1.29 is 5.11 Å². The first-order valence-corrected chi connectivity index (χ1v) is 8.76. The minimum absolute atomic E-state index is 0.319. The number of hydrogen-bond acceptors (Lipinski definition) is 4. The molecule has 1 aliphatic heterocycles. The van der Waals surface area contributed by atoms with Crippen molar-refractivity contribution in [3.05, 3.63) is 35.4 Å². The predicted octanol–water partition coefficient (Wildman–Crippen LogP) is 3.39. The molecule has 124 valence electrons. The second-order valence-corrected chi connectivity index (χ2v) is 6.74. The van der Waals surface area contributed by atoms with Gasteiger partial charge in [-0.3, -0.25) is 0 Å². The monoisotopic (exact) mass is 333 g/mol. The highest BCUT2D eigenvalue weighted by Crippen LogP contribution is 2.20. The SMILES string of the molecule is OCC1CCCN(CCCNc2ccc3cc(Cl)ccc3n2)C1. The summed E-state index contributed by atoms with van der Waals surface area (Å²) in [4.78, 5) is 7.07. The zero-order valence-electron chi connectivity index (χ0n) is 13.3. The third-order valence-corrected chi connectivity index (χ3v) is 4.70. The van der Waals surface area contributed by atoms with E-state index in [2.05, 4.69) is 15.2 Å². The van der Waals surface area contributed by atoms with Crippen LogP contribution in [0.15, 0.2) is 30.3 Å². The molecule has 1 aromatic carbocycles. The van der Waals surface area contributed by atoms with Gasteiger partial charge in [-0.2, -0.15) is 0 Å². The van der Waals surface area contributed by atoms with Crippen LogP contribution in [-0.4, -0.2) is 47.8 Å². The van der Waals surface area contributed by atoms with E-state index in [1.165, 1.54) is 6.42 Å². The summed E-state index contributed by atoms with van der Waals surface area (Å²) in [6.45, 7) is 4.50. The zero-order valence-corrected chi connectivity index (χ0v) is 14.1. The van der Waals surface area contributed by atoms with E-state index in [0.717, 1.165) is 60.8 Å². The van der Waals surface area contributed by atoms with Crippen molar-refractivity contribution in [3.63, 3.8) is 0 Å². The molecule has 1 atom stereocenters. The number of likely N-dealkylation sites (tertiary alicyclic amines) is 1. The molecular formula is C18H24ClN3O. The van der Waals surface area contributed by atoms with Crippen molar-refractivity contribution in [2.24, 2.45) is 5.92 Å². The van der Waals surface area contributed by atoms with Crippen molar-refractivity contribution in [2.45, 2.75) is 19.3 Å². The van der Waals surface area contributed by atoms with Crippen molar-refractivity contribution >= 4 is 28.3 Å². The molecule has 0 amide bonds. The Morgan fingerprint density at radius 3 is 3.09 bits per heavy atom. The molecule has 1 saturated heterocycles. The maximum atomic E-state index is 9.28. The molecule has 0 radical (unpaired) electrons. The number of aliphatic hydroxyl groups is 1. The summed E-state index contributed by atoms with van der Waals surface area (Å²) in [6, 6.07) is 9.80. The average Bonchev–Trinajstić information content (AvgIpc) is 2.59. The maximum absolute atomic E-state index is 9.28. The van der Waals surface area contributed by atoms with E-state index in [4.69, 9.17) is 11.6 Å². The van der Waals surface area contributed by atoms with Crippen molar-refractivity contribution in [2.75, 3.05) is 38.1 Å². The molecule has 0 spiro atoms. The van der Waals surface area contributed by atoms with Crippen LogP contribution in [0.3, 0.4) is 0 Å². The minimum Gasteiger partial charge on any atom is -0.396 e. The summed E-state index contributed by atoms with van der Waals surface area (Å²) in [6.07, 6.45) is 3.45. The van der Waals surface area contributed by atoms with Gasteiger partial charge in [0, 0.05) is 30.1 Å². The van der Waals surface area contributed by atoms with Gasteiger partial charge in [0.05, 0.1) is 5.52 Å². The Balaban J connectivity index is 1.46. The van der Waals surface area contributed by atoms with Gasteiger partial charge in [0.15, 0.2) is 0 Å². The summed E-state index contributed by atoms with van der Waals surface area (Å²) in [5, 5.41) is 14.5. The normalized spacial score (nSPS) is 19.1. The van der Waals surface area contributed by atoms with Crippen LogP contribution in [0.4, 0.5) is 5.82 Å². The summed E-state index contributed by atoms with van der Waals surface area (Å²) in [5.74, 6) is 1.37. The molecule has 1 unspecified atom stereocenters. The Labute approximate surface area is 142 Å². The number of anilines is 1. The Hall–Kier alpha value is -1.36. The van der Waals surface area contributed by atoms with Gasteiger partial charge in [0.2, 0.25) is 0 Å². The van der Waals surface area contributed by atoms with Gasteiger partial charge in [-0.15, -0.1) is 0 Å². The number of pyridine rings is 1. The van der Waals surface area contributed by atoms with Gasteiger partial charge < -0.3 is 15.3 Å². The number of hydrogen-bond donors (Lipinski definition) is 2.